The number of rotatable bonds is 5. The van der Waals surface area contributed by atoms with Gasteiger partial charge in [0.15, 0.2) is 5.11 Å². The van der Waals surface area contributed by atoms with Crippen molar-refractivity contribution in [1.82, 2.24) is 10.3 Å². The monoisotopic (exact) mass is 469 g/mol. The number of ether oxygens (including phenoxy) is 1. The van der Waals surface area contributed by atoms with Crippen LogP contribution in [0.15, 0.2) is 36.4 Å². The van der Waals surface area contributed by atoms with Crippen molar-refractivity contribution in [2.24, 2.45) is 5.92 Å². The number of halogens is 1. The fraction of sp³-hybridized carbons (Fsp3) is 0.278. The van der Waals surface area contributed by atoms with Crippen molar-refractivity contribution in [3.05, 3.63) is 51.2 Å². The summed E-state index contributed by atoms with van der Waals surface area (Å²) in [5.41, 5.74) is 1.41. The molecular weight excluding hydrogens is 449 g/mol. The molecule has 0 radical (unpaired) electrons. The summed E-state index contributed by atoms with van der Waals surface area (Å²) in [6.45, 7) is 6.72. The molecule has 2 N–H and O–H groups in total. The molecule has 0 unspecified atom stereocenters. The average Bonchev–Trinajstić information content (AvgIpc) is 2.56. The lowest BCUT2D eigenvalue weighted by Gasteiger charge is -2.11. The largest absolute Gasteiger partial charge is 0.493 e. The molecule has 2 rings (SSSR count). The normalized spacial score (nSPS) is 10.4. The molecule has 1 heterocycles. The van der Waals surface area contributed by atoms with Gasteiger partial charge in [-0.2, -0.15) is 0 Å². The number of amides is 1. The number of pyridine rings is 1. The first kappa shape index (κ1) is 19.6. The van der Waals surface area contributed by atoms with Crippen LogP contribution in [-0.2, 0) is 0 Å². The molecule has 7 heteroatoms. The van der Waals surface area contributed by atoms with Crippen molar-refractivity contribution in [2.75, 3.05) is 11.9 Å². The van der Waals surface area contributed by atoms with Crippen LogP contribution in [-0.4, -0.2) is 22.6 Å². The van der Waals surface area contributed by atoms with Crippen molar-refractivity contribution in [3.8, 4) is 5.75 Å². The Morgan fingerprint density at radius 2 is 1.92 bits per heavy atom. The molecule has 0 aliphatic carbocycles. The molecule has 0 saturated heterocycles. The summed E-state index contributed by atoms with van der Waals surface area (Å²) in [5.74, 6) is 1.50. The van der Waals surface area contributed by atoms with Gasteiger partial charge in [-0.25, -0.2) is 4.98 Å². The summed E-state index contributed by atoms with van der Waals surface area (Å²) in [6.07, 6.45) is 0. The summed E-state index contributed by atoms with van der Waals surface area (Å²) < 4.78 is 6.67. The van der Waals surface area contributed by atoms with Gasteiger partial charge in [0.1, 0.15) is 11.6 Å². The van der Waals surface area contributed by atoms with E-state index < -0.39 is 0 Å². The number of nitrogens with zero attached hydrogens (tertiary/aromatic N) is 1. The number of hydrogen-bond donors (Lipinski definition) is 2. The fourth-order valence-electron chi connectivity index (χ4n) is 1.90. The van der Waals surface area contributed by atoms with Gasteiger partial charge in [0, 0.05) is 9.13 Å². The second-order valence-electron chi connectivity index (χ2n) is 5.90. The molecule has 0 bridgehead atoms. The molecule has 25 heavy (non-hydrogen) atoms. The van der Waals surface area contributed by atoms with Crippen molar-refractivity contribution >= 4 is 51.6 Å². The Bertz CT molecular complexity index is 763. The first-order chi connectivity index (χ1) is 11.8. The number of benzene rings is 1. The topological polar surface area (TPSA) is 63.2 Å². The van der Waals surface area contributed by atoms with E-state index >= 15 is 0 Å². The summed E-state index contributed by atoms with van der Waals surface area (Å²) in [6, 6.07) is 10.7. The van der Waals surface area contributed by atoms with Gasteiger partial charge in [0.25, 0.3) is 5.91 Å². The Morgan fingerprint density at radius 3 is 2.52 bits per heavy atom. The minimum Gasteiger partial charge on any atom is -0.493 e. The zero-order chi connectivity index (χ0) is 18.4. The number of aryl methyl sites for hydroxylation is 1. The lowest BCUT2D eigenvalue weighted by Crippen LogP contribution is -2.34. The van der Waals surface area contributed by atoms with Gasteiger partial charge in [-0.1, -0.05) is 13.8 Å². The molecule has 0 saturated carbocycles. The van der Waals surface area contributed by atoms with Crippen LogP contribution in [0, 0.1) is 16.4 Å². The zero-order valence-electron chi connectivity index (χ0n) is 14.3. The Hall–Kier alpha value is -1.74. The van der Waals surface area contributed by atoms with E-state index in [0.29, 0.717) is 23.9 Å². The molecule has 0 aliphatic heterocycles. The summed E-state index contributed by atoms with van der Waals surface area (Å²) in [5, 5.41) is 5.77. The Labute approximate surface area is 166 Å². The highest BCUT2D eigenvalue weighted by Crippen LogP contribution is 2.14. The third-order valence-corrected chi connectivity index (χ3v) is 4.53. The van der Waals surface area contributed by atoms with Crippen molar-refractivity contribution in [3.63, 3.8) is 0 Å². The summed E-state index contributed by atoms with van der Waals surface area (Å²) in [7, 11) is 0. The Kier molecular flexibility index (Phi) is 7.12. The van der Waals surface area contributed by atoms with E-state index in [4.69, 9.17) is 17.0 Å². The standard InChI is InChI=1S/C18H20IN3O2S/c1-11(2)10-24-14-6-4-13(5-7-14)17(23)22-18(25)21-16-9-8-15(19)12(3)20-16/h4-9,11H,10H2,1-3H3,(H2,20,21,22,23,25). The van der Waals surface area contributed by atoms with Crippen molar-refractivity contribution in [1.29, 1.82) is 0 Å². The lowest BCUT2D eigenvalue weighted by molar-refractivity contribution is 0.0977. The second-order valence-corrected chi connectivity index (χ2v) is 7.47. The molecule has 0 fully saturated rings. The molecule has 1 aromatic carbocycles. The minimum absolute atomic E-state index is 0.207. The van der Waals surface area contributed by atoms with Crippen LogP contribution in [0.2, 0.25) is 0 Å². The van der Waals surface area contributed by atoms with Gasteiger partial charge >= 0.3 is 0 Å². The maximum Gasteiger partial charge on any atom is 0.257 e. The molecule has 132 valence electrons. The molecule has 0 aliphatic rings. The van der Waals surface area contributed by atoms with Crippen LogP contribution in [0.5, 0.6) is 5.75 Å². The number of carbonyl (C=O) groups excluding carboxylic acids is 1. The van der Waals surface area contributed by atoms with Gasteiger partial charge in [-0.15, -0.1) is 0 Å². The SMILES string of the molecule is Cc1nc(NC(=S)NC(=O)c2ccc(OCC(C)C)cc2)ccc1I. The van der Waals surface area contributed by atoms with Crippen LogP contribution in [0.1, 0.15) is 29.9 Å². The van der Waals surface area contributed by atoms with E-state index in [1.807, 2.05) is 19.1 Å². The Morgan fingerprint density at radius 1 is 1.24 bits per heavy atom. The van der Waals surface area contributed by atoms with Crippen molar-refractivity contribution in [2.45, 2.75) is 20.8 Å². The summed E-state index contributed by atoms with van der Waals surface area (Å²) in [4.78, 5) is 16.6. The first-order valence-corrected chi connectivity index (χ1v) is 9.32. The number of hydrogen-bond acceptors (Lipinski definition) is 4. The van der Waals surface area contributed by atoms with Gasteiger partial charge in [-0.05, 0) is 84.0 Å². The molecule has 0 atom stereocenters. The summed E-state index contributed by atoms with van der Waals surface area (Å²) >= 11 is 7.39. The van der Waals surface area contributed by atoms with Crippen LogP contribution in [0.25, 0.3) is 0 Å². The van der Waals surface area contributed by atoms with Gasteiger partial charge in [-0.3, -0.25) is 10.1 Å². The predicted octanol–water partition coefficient (Wildman–Crippen LogP) is 4.16. The smallest absolute Gasteiger partial charge is 0.257 e. The highest BCUT2D eigenvalue weighted by atomic mass is 127. The molecule has 0 spiro atoms. The van der Waals surface area contributed by atoms with E-state index in [0.717, 1.165) is 15.0 Å². The molecule has 1 aromatic heterocycles. The zero-order valence-corrected chi connectivity index (χ0v) is 17.3. The second kappa shape index (κ2) is 9.10. The van der Waals surface area contributed by atoms with E-state index in [-0.39, 0.29) is 11.0 Å². The number of anilines is 1. The highest BCUT2D eigenvalue weighted by molar-refractivity contribution is 14.1. The molecule has 5 nitrogen and oxygen atoms in total. The van der Waals surface area contributed by atoms with Crippen LogP contribution >= 0.6 is 34.8 Å². The van der Waals surface area contributed by atoms with Crippen LogP contribution in [0.3, 0.4) is 0 Å². The fourth-order valence-corrected chi connectivity index (χ4v) is 2.40. The van der Waals surface area contributed by atoms with Gasteiger partial charge < -0.3 is 10.1 Å². The highest BCUT2D eigenvalue weighted by Gasteiger charge is 2.09. The van der Waals surface area contributed by atoms with Crippen molar-refractivity contribution < 1.29 is 9.53 Å². The third kappa shape index (κ3) is 6.24. The molecular formula is C18H20IN3O2S. The molecule has 1 amide bonds. The maximum atomic E-state index is 12.2. The van der Waals surface area contributed by atoms with E-state index in [1.54, 1.807) is 24.3 Å². The number of carbonyl (C=O) groups is 1. The van der Waals surface area contributed by atoms with Gasteiger partial charge in [0.05, 0.1) is 12.3 Å². The van der Waals surface area contributed by atoms with Crippen LogP contribution in [0.4, 0.5) is 5.82 Å². The van der Waals surface area contributed by atoms with E-state index in [1.165, 1.54) is 0 Å². The average molecular weight is 469 g/mol. The number of aromatic nitrogens is 1. The van der Waals surface area contributed by atoms with Crippen LogP contribution < -0.4 is 15.4 Å². The number of thiocarbonyl (C=S) groups is 1. The van der Waals surface area contributed by atoms with E-state index in [2.05, 4.69) is 52.1 Å². The van der Waals surface area contributed by atoms with Gasteiger partial charge in [0.2, 0.25) is 0 Å². The quantitative estimate of drug-likeness (QED) is 0.509. The molecule has 2 aromatic rings. The predicted molar refractivity (Wildman–Crippen MR) is 112 cm³/mol. The van der Waals surface area contributed by atoms with E-state index in [9.17, 15) is 4.79 Å². The lowest BCUT2D eigenvalue weighted by atomic mass is 10.2. The first-order valence-electron chi connectivity index (χ1n) is 7.83. The third-order valence-electron chi connectivity index (χ3n) is 3.19. The Balaban J connectivity index is 1.92. The number of nitrogens with one attached hydrogen (secondary N) is 2. The minimum atomic E-state index is -0.282. The maximum absolute atomic E-state index is 12.2.